The van der Waals surface area contributed by atoms with E-state index in [1.54, 1.807) is 12.1 Å². The van der Waals surface area contributed by atoms with Gasteiger partial charge in [0.1, 0.15) is 5.82 Å². The van der Waals surface area contributed by atoms with Crippen LogP contribution in [0.3, 0.4) is 0 Å². The maximum atomic E-state index is 14.3. The molecule has 1 fully saturated rings. The van der Waals surface area contributed by atoms with E-state index in [1.807, 2.05) is 0 Å². The maximum absolute atomic E-state index is 14.3. The number of nitrogens with one attached hydrogen (secondary N) is 1. The van der Waals surface area contributed by atoms with Gasteiger partial charge in [-0.15, -0.1) is 0 Å². The summed E-state index contributed by atoms with van der Waals surface area (Å²) in [4.78, 5) is 2.31. The van der Waals surface area contributed by atoms with Gasteiger partial charge in [0, 0.05) is 24.7 Å². The van der Waals surface area contributed by atoms with Crippen molar-refractivity contribution in [2.24, 2.45) is 16.8 Å². The Balaban J connectivity index is 2.04. The molecule has 1 saturated heterocycles. The molecule has 0 bridgehead atoms. The summed E-state index contributed by atoms with van der Waals surface area (Å²) in [5.74, 6) is -0.109. The molecule has 5 nitrogen and oxygen atoms in total. The number of rotatable bonds is 4. The highest BCUT2D eigenvalue weighted by Crippen LogP contribution is 2.17. The van der Waals surface area contributed by atoms with Gasteiger partial charge < -0.3 is 21.2 Å². The highest BCUT2D eigenvalue weighted by atomic mass is 19.1. The number of hydrogen-bond acceptors (Lipinski definition) is 4. The van der Waals surface area contributed by atoms with E-state index >= 15 is 0 Å². The molecule has 2 rings (SSSR count). The van der Waals surface area contributed by atoms with Crippen molar-refractivity contribution >= 4 is 5.84 Å². The van der Waals surface area contributed by atoms with Gasteiger partial charge in [-0.25, -0.2) is 4.39 Å². The molecule has 0 aromatic heterocycles. The average Bonchev–Trinajstić information content (AvgIpc) is 2.47. The van der Waals surface area contributed by atoms with Crippen molar-refractivity contribution in [2.75, 3.05) is 20.1 Å². The standard InChI is InChI=1S/C15H23FN4O/c1-10-9-20(2)7-6-13(10)18-8-11-4-3-5-12(14(11)16)15(17)19-21/h3-5,10,13,18,21H,6-9H2,1-2H3,(H2,17,19). The molecule has 1 heterocycles. The number of hydrogen-bond donors (Lipinski definition) is 3. The summed E-state index contributed by atoms with van der Waals surface area (Å²) in [6.07, 6.45) is 1.05. The van der Waals surface area contributed by atoms with Crippen LogP contribution in [0.1, 0.15) is 24.5 Å². The largest absolute Gasteiger partial charge is 0.409 e. The smallest absolute Gasteiger partial charge is 0.173 e. The first-order valence-electron chi connectivity index (χ1n) is 7.20. The topological polar surface area (TPSA) is 73.9 Å². The van der Waals surface area contributed by atoms with Crippen molar-refractivity contribution in [2.45, 2.75) is 25.9 Å². The molecule has 6 heteroatoms. The number of oxime groups is 1. The summed E-state index contributed by atoms with van der Waals surface area (Å²) >= 11 is 0. The highest BCUT2D eigenvalue weighted by molar-refractivity contribution is 5.97. The number of amidine groups is 1. The SMILES string of the molecule is CC1CN(C)CCC1NCc1cccc(/C(N)=N/O)c1F. The van der Waals surface area contributed by atoms with Crippen molar-refractivity contribution in [3.05, 3.63) is 35.1 Å². The minimum absolute atomic E-state index is 0.133. The number of halogens is 1. The van der Waals surface area contributed by atoms with Crippen LogP contribution in [0.15, 0.2) is 23.4 Å². The third-order valence-electron chi connectivity index (χ3n) is 4.13. The van der Waals surface area contributed by atoms with Crippen LogP contribution in [-0.2, 0) is 6.54 Å². The van der Waals surface area contributed by atoms with Gasteiger partial charge in [0.15, 0.2) is 5.84 Å². The fourth-order valence-corrected chi connectivity index (χ4v) is 2.87. The Kier molecular flexibility index (Phi) is 5.14. The Morgan fingerprint density at radius 2 is 2.33 bits per heavy atom. The molecular weight excluding hydrogens is 271 g/mol. The minimum atomic E-state index is -0.430. The lowest BCUT2D eigenvalue weighted by Crippen LogP contribution is -2.46. The van der Waals surface area contributed by atoms with Crippen LogP contribution in [0.2, 0.25) is 0 Å². The van der Waals surface area contributed by atoms with Gasteiger partial charge in [-0.1, -0.05) is 24.2 Å². The zero-order valence-electron chi connectivity index (χ0n) is 12.5. The lowest BCUT2D eigenvalue weighted by atomic mass is 9.94. The second-order valence-electron chi connectivity index (χ2n) is 5.78. The van der Waals surface area contributed by atoms with Crippen molar-refractivity contribution < 1.29 is 9.60 Å². The summed E-state index contributed by atoms with van der Waals surface area (Å²) in [6, 6.07) is 5.32. The van der Waals surface area contributed by atoms with Crippen LogP contribution >= 0.6 is 0 Å². The first kappa shape index (κ1) is 15.7. The molecule has 0 amide bonds. The van der Waals surface area contributed by atoms with Crippen molar-refractivity contribution in [1.29, 1.82) is 0 Å². The minimum Gasteiger partial charge on any atom is -0.409 e. The first-order chi connectivity index (χ1) is 10.0. The van der Waals surface area contributed by atoms with Gasteiger partial charge in [0.2, 0.25) is 0 Å². The second-order valence-corrected chi connectivity index (χ2v) is 5.78. The van der Waals surface area contributed by atoms with Crippen LogP contribution in [-0.4, -0.2) is 42.1 Å². The molecule has 1 aromatic carbocycles. The molecule has 0 radical (unpaired) electrons. The Morgan fingerprint density at radius 1 is 1.57 bits per heavy atom. The molecule has 1 aliphatic rings. The van der Waals surface area contributed by atoms with E-state index in [0.717, 1.165) is 19.5 Å². The summed E-state index contributed by atoms with van der Waals surface area (Å²) < 4.78 is 14.3. The zero-order chi connectivity index (χ0) is 15.4. The second kappa shape index (κ2) is 6.87. The molecule has 2 unspecified atom stereocenters. The predicted octanol–water partition coefficient (Wildman–Crippen LogP) is 1.35. The summed E-state index contributed by atoms with van der Waals surface area (Å²) in [7, 11) is 2.12. The van der Waals surface area contributed by atoms with E-state index in [0.29, 0.717) is 24.1 Å². The molecular formula is C15H23FN4O. The first-order valence-corrected chi connectivity index (χ1v) is 7.20. The Bertz CT molecular complexity index is 520. The maximum Gasteiger partial charge on any atom is 0.173 e. The molecule has 1 aliphatic heterocycles. The van der Waals surface area contributed by atoms with Gasteiger partial charge in [0.25, 0.3) is 0 Å². The van der Waals surface area contributed by atoms with E-state index in [4.69, 9.17) is 10.9 Å². The zero-order valence-corrected chi connectivity index (χ0v) is 12.5. The van der Waals surface area contributed by atoms with E-state index < -0.39 is 5.82 Å². The lowest BCUT2D eigenvalue weighted by molar-refractivity contribution is 0.174. The van der Waals surface area contributed by atoms with Crippen LogP contribution in [0.4, 0.5) is 4.39 Å². The van der Waals surface area contributed by atoms with E-state index in [2.05, 4.69) is 29.3 Å². The molecule has 4 N–H and O–H groups in total. The Labute approximate surface area is 124 Å². The van der Waals surface area contributed by atoms with Crippen molar-refractivity contribution in [3.63, 3.8) is 0 Å². The summed E-state index contributed by atoms with van der Waals surface area (Å²) in [6.45, 7) is 4.74. The molecule has 1 aromatic rings. The third kappa shape index (κ3) is 3.71. The van der Waals surface area contributed by atoms with Gasteiger partial charge in [-0.05, 0) is 32.0 Å². The third-order valence-corrected chi connectivity index (χ3v) is 4.13. The van der Waals surface area contributed by atoms with Crippen LogP contribution in [0, 0.1) is 11.7 Å². The molecule has 0 aliphatic carbocycles. The number of benzene rings is 1. The number of likely N-dealkylation sites (tertiary alicyclic amines) is 1. The van der Waals surface area contributed by atoms with Crippen LogP contribution < -0.4 is 11.1 Å². The predicted molar refractivity (Wildman–Crippen MR) is 80.8 cm³/mol. The molecule has 0 spiro atoms. The lowest BCUT2D eigenvalue weighted by Gasteiger charge is -2.35. The molecule has 2 atom stereocenters. The molecule has 21 heavy (non-hydrogen) atoms. The summed E-state index contributed by atoms with van der Waals surface area (Å²) in [5.41, 5.74) is 6.14. The summed E-state index contributed by atoms with van der Waals surface area (Å²) in [5, 5.41) is 15.0. The number of nitrogens with zero attached hydrogens (tertiary/aromatic N) is 2. The number of piperidine rings is 1. The monoisotopic (exact) mass is 294 g/mol. The highest BCUT2D eigenvalue weighted by Gasteiger charge is 2.24. The average molecular weight is 294 g/mol. The van der Waals surface area contributed by atoms with E-state index in [1.165, 1.54) is 6.07 Å². The van der Waals surface area contributed by atoms with Gasteiger partial charge in [0.05, 0.1) is 5.56 Å². The normalized spacial score (nSPS) is 24.2. The fourth-order valence-electron chi connectivity index (χ4n) is 2.87. The number of nitrogens with two attached hydrogens (primary N) is 1. The van der Waals surface area contributed by atoms with Gasteiger partial charge in [-0.2, -0.15) is 0 Å². The fraction of sp³-hybridized carbons (Fsp3) is 0.533. The molecule has 0 saturated carbocycles. The quantitative estimate of drug-likeness (QED) is 0.339. The van der Waals surface area contributed by atoms with Crippen LogP contribution in [0.25, 0.3) is 0 Å². The van der Waals surface area contributed by atoms with E-state index in [-0.39, 0.29) is 11.4 Å². The van der Waals surface area contributed by atoms with Crippen LogP contribution in [0.5, 0.6) is 0 Å². The Morgan fingerprint density at radius 3 is 3.00 bits per heavy atom. The Hall–Kier alpha value is -1.66. The van der Waals surface area contributed by atoms with Crippen molar-refractivity contribution in [1.82, 2.24) is 10.2 Å². The van der Waals surface area contributed by atoms with Gasteiger partial charge in [-0.3, -0.25) is 0 Å². The van der Waals surface area contributed by atoms with E-state index in [9.17, 15) is 4.39 Å². The van der Waals surface area contributed by atoms with Crippen molar-refractivity contribution in [3.8, 4) is 0 Å². The molecule has 116 valence electrons. The van der Waals surface area contributed by atoms with Gasteiger partial charge >= 0.3 is 0 Å².